The molecule has 2 aliphatic rings. The number of benzene rings is 1. The van der Waals surface area contributed by atoms with Crippen LogP contribution in [0.1, 0.15) is 28.6 Å². The van der Waals surface area contributed by atoms with Gasteiger partial charge >= 0.3 is 0 Å². The molecule has 9 heteroatoms. The fraction of sp³-hybridized carbons (Fsp3) is 0.545. The van der Waals surface area contributed by atoms with Crippen LogP contribution in [-0.4, -0.2) is 85.0 Å². The lowest BCUT2D eigenvalue weighted by atomic mass is 10.0. The molecule has 3 heterocycles. The molecule has 0 saturated carbocycles. The highest BCUT2D eigenvalue weighted by Gasteiger charge is 2.36. The van der Waals surface area contributed by atoms with Crippen molar-refractivity contribution in [3.8, 4) is 0 Å². The van der Waals surface area contributed by atoms with Gasteiger partial charge in [-0.25, -0.2) is 8.42 Å². The molecule has 1 aromatic carbocycles. The summed E-state index contributed by atoms with van der Waals surface area (Å²) in [7, 11) is -3.01. The van der Waals surface area contributed by atoms with E-state index in [1.165, 1.54) is 0 Å². The number of hydrogen-bond donors (Lipinski definition) is 0. The molecule has 2 saturated heterocycles. The van der Waals surface area contributed by atoms with Crippen LogP contribution in [0.4, 0.5) is 0 Å². The van der Waals surface area contributed by atoms with Crippen molar-refractivity contribution < 1.29 is 17.7 Å². The van der Waals surface area contributed by atoms with Gasteiger partial charge in [0.1, 0.15) is 11.8 Å². The molecule has 1 unspecified atom stereocenters. The van der Waals surface area contributed by atoms with E-state index in [1.54, 1.807) is 0 Å². The smallest absolute Gasteiger partial charge is 0.244 e. The van der Waals surface area contributed by atoms with E-state index < -0.39 is 15.9 Å². The van der Waals surface area contributed by atoms with Gasteiger partial charge in [0, 0.05) is 51.4 Å². The molecule has 8 nitrogen and oxygen atoms in total. The summed E-state index contributed by atoms with van der Waals surface area (Å²) in [6.07, 6.45) is 0. The van der Waals surface area contributed by atoms with Gasteiger partial charge in [-0.3, -0.25) is 14.6 Å². The van der Waals surface area contributed by atoms with Crippen LogP contribution in [0.3, 0.4) is 0 Å². The lowest BCUT2D eigenvalue weighted by Gasteiger charge is -2.40. The second-order valence-corrected chi connectivity index (χ2v) is 10.7. The third-order valence-corrected chi connectivity index (χ3v) is 7.95. The van der Waals surface area contributed by atoms with Crippen LogP contribution in [-0.2, 0) is 21.2 Å². The van der Waals surface area contributed by atoms with Crippen molar-refractivity contribution in [2.45, 2.75) is 26.4 Å². The molecule has 1 aromatic heterocycles. The Balaban J connectivity index is 1.44. The zero-order valence-electron chi connectivity index (χ0n) is 18.2. The predicted molar refractivity (Wildman–Crippen MR) is 117 cm³/mol. The van der Waals surface area contributed by atoms with Crippen molar-refractivity contribution in [3.63, 3.8) is 0 Å². The summed E-state index contributed by atoms with van der Waals surface area (Å²) in [5.74, 6) is 1.12. The molecule has 0 N–H and O–H groups in total. The van der Waals surface area contributed by atoms with Gasteiger partial charge in [-0.05, 0) is 19.4 Å². The van der Waals surface area contributed by atoms with E-state index in [1.807, 2.05) is 54.0 Å². The second-order valence-electron chi connectivity index (χ2n) is 8.41. The number of sulfone groups is 1. The topological polar surface area (TPSA) is 87.0 Å². The highest BCUT2D eigenvalue weighted by atomic mass is 32.2. The van der Waals surface area contributed by atoms with Crippen molar-refractivity contribution in [2.75, 3.05) is 50.8 Å². The Morgan fingerprint density at radius 1 is 1.03 bits per heavy atom. The minimum Gasteiger partial charge on any atom is -0.361 e. The van der Waals surface area contributed by atoms with Gasteiger partial charge in [-0.1, -0.05) is 35.5 Å². The van der Waals surface area contributed by atoms with Crippen molar-refractivity contribution in [1.82, 2.24) is 19.9 Å². The van der Waals surface area contributed by atoms with Gasteiger partial charge in [-0.2, -0.15) is 0 Å². The van der Waals surface area contributed by atoms with E-state index in [2.05, 4.69) is 10.1 Å². The van der Waals surface area contributed by atoms with Gasteiger partial charge in [-0.15, -0.1) is 0 Å². The average Bonchev–Trinajstić information content (AvgIpc) is 3.08. The number of aromatic nitrogens is 1. The highest BCUT2D eigenvalue weighted by molar-refractivity contribution is 7.91. The molecule has 4 rings (SSSR count). The van der Waals surface area contributed by atoms with E-state index >= 15 is 0 Å². The first-order valence-corrected chi connectivity index (χ1v) is 12.6. The molecular weight excluding hydrogens is 416 g/mol. The van der Waals surface area contributed by atoms with Gasteiger partial charge in [0.2, 0.25) is 5.91 Å². The Labute approximate surface area is 183 Å². The first kappa shape index (κ1) is 22.0. The fourth-order valence-electron chi connectivity index (χ4n) is 4.38. The minimum absolute atomic E-state index is 0.0579. The molecular formula is C22H30N4O4S. The fourth-order valence-corrected chi connectivity index (χ4v) is 5.61. The zero-order chi connectivity index (χ0) is 22.0. The van der Waals surface area contributed by atoms with E-state index in [4.69, 9.17) is 4.52 Å². The molecule has 2 aromatic rings. The maximum atomic E-state index is 13.6. The van der Waals surface area contributed by atoms with Crippen LogP contribution in [0.15, 0.2) is 34.9 Å². The van der Waals surface area contributed by atoms with Crippen molar-refractivity contribution in [2.24, 2.45) is 0 Å². The number of piperazine rings is 1. The Kier molecular flexibility index (Phi) is 6.45. The Hall–Kier alpha value is -2.23. The maximum absolute atomic E-state index is 13.6. The van der Waals surface area contributed by atoms with Crippen LogP contribution in [0.25, 0.3) is 0 Å². The molecule has 2 aliphatic heterocycles. The van der Waals surface area contributed by atoms with Crippen LogP contribution >= 0.6 is 0 Å². The number of amides is 1. The van der Waals surface area contributed by atoms with Crippen molar-refractivity contribution in [1.29, 1.82) is 0 Å². The van der Waals surface area contributed by atoms with E-state index in [0.717, 1.165) is 42.2 Å². The lowest BCUT2D eigenvalue weighted by Crippen LogP contribution is -2.53. The summed E-state index contributed by atoms with van der Waals surface area (Å²) >= 11 is 0. The molecule has 2 fully saturated rings. The predicted octanol–water partition coefficient (Wildman–Crippen LogP) is 1.41. The Morgan fingerprint density at radius 2 is 1.68 bits per heavy atom. The molecule has 1 atom stereocenters. The van der Waals surface area contributed by atoms with Crippen LogP contribution in [0, 0.1) is 13.8 Å². The molecule has 0 spiro atoms. The molecule has 0 aliphatic carbocycles. The third kappa shape index (κ3) is 4.99. The average molecular weight is 447 g/mol. The van der Waals surface area contributed by atoms with Gasteiger partial charge < -0.3 is 9.42 Å². The number of carbonyl (C=O) groups excluding carboxylic acids is 1. The van der Waals surface area contributed by atoms with E-state index in [9.17, 15) is 13.2 Å². The minimum atomic E-state index is -3.01. The number of rotatable bonds is 5. The lowest BCUT2D eigenvalue weighted by molar-refractivity contribution is -0.139. The SMILES string of the molecule is Cc1noc(C)c1CN1CCN(C(=O)C(c2ccccc2)N2CCS(=O)(=O)CC2)CC1. The van der Waals surface area contributed by atoms with Crippen LogP contribution in [0.5, 0.6) is 0 Å². The van der Waals surface area contributed by atoms with Gasteiger partial charge in [0.25, 0.3) is 0 Å². The maximum Gasteiger partial charge on any atom is 0.244 e. The highest BCUT2D eigenvalue weighted by Crippen LogP contribution is 2.26. The van der Waals surface area contributed by atoms with Crippen LogP contribution in [0.2, 0.25) is 0 Å². The molecule has 0 bridgehead atoms. The number of aryl methyl sites for hydroxylation is 2. The number of nitrogens with zero attached hydrogens (tertiary/aromatic N) is 4. The first-order valence-electron chi connectivity index (χ1n) is 10.8. The van der Waals surface area contributed by atoms with Crippen LogP contribution < -0.4 is 0 Å². The number of hydrogen-bond acceptors (Lipinski definition) is 7. The Bertz CT molecular complexity index is 980. The van der Waals surface area contributed by atoms with Gasteiger partial charge in [0.15, 0.2) is 9.84 Å². The van der Waals surface area contributed by atoms with E-state index in [0.29, 0.717) is 26.2 Å². The normalized spacial score (nSPS) is 21.2. The number of carbonyl (C=O) groups is 1. The quantitative estimate of drug-likeness (QED) is 0.686. The standard InChI is InChI=1S/C22H30N4O4S/c1-17-20(18(2)30-23-17)16-24-8-10-26(11-9-24)22(27)21(19-6-4-3-5-7-19)25-12-14-31(28,29)15-13-25/h3-7,21H,8-16H2,1-2H3. The largest absolute Gasteiger partial charge is 0.361 e. The third-order valence-electron chi connectivity index (χ3n) is 6.34. The van der Waals surface area contributed by atoms with Gasteiger partial charge in [0.05, 0.1) is 17.2 Å². The molecule has 0 radical (unpaired) electrons. The molecule has 168 valence electrons. The zero-order valence-corrected chi connectivity index (χ0v) is 19.0. The summed E-state index contributed by atoms with van der Waals surface area (Å²) < 4.78 is 29.1. The molecule has 1 amide bonds. The van der Waals surface area contributed by atoms with Crippen molar-refractivity contribution >= 4 is 15.7 Å². The van der Waals surface area contributed by atoms with E-state index in [-0.39, 0.29) is 17.4 Å². The Morgan fingerprint density at radius 3 is 2.26 bits per heavy atom. The molecule has 31 heavy (non-hydrogen) atoms. The second kappa shape index (κ2) is 9.10. The summed E-state index contributed by atoms with van der Waals surface area (Å²) in [6, 6.07) is 9.26. The summed E-state index contributed by atoms with van der Waals surface area (Å²) in [4.78, 5) is 19.8. The summed E-state index contributed by atoms with van der Waals surface area (Å²) in [6.45, 7) is 8.30. The summed E-state index contributed by atoms with van der Waals surface area (Å²) in [5.41, 5.74) is 2.96. The summed E-state index contributed by atoms with van der Waals surface area (Å²) in [5, 5.41) is 4.03. The first-order chi connectivity index (χ1) is 14.8. The monoisotopic (exact) mass is 446 g/mol. The van der Waals surface area contributed by atoms with Crippen molar-refractivity contribution in [3.05, 3.63) is 52.9 Å².